The second-order valence-electron chi connectivity index (χ2n) is 9.97. The largest absolute Gasteiger partial charge is 0.493 e. The van der Waals surface area contributed by atoms with Crippen molar-refractivity contribution in [1.29, 1.82) is 0 Å². The van der Waals surface area contributed by atoms with Crippen LogP contribution >= 0.6 is 0 Å². The molecule has 2 aliphatic rings. The van der Waals surface area contributed by atoms with E-state index in [4.69, 9.17) is 18.9 Å². The normalized spacial score (nSPS) is 19.7. The van der Waals surface area contributed by atoms with E-state index < -0.39 is 11.2 Å². The van der Waals surface area contributed by atoms with E-state index in [-0.39, 0.29) is 11.9 Å². The summed E-state index contributed by atoms with van der Waals surface area (Å²) < 4.78 is 38.1. The standard InChI is InChI=1S/C26H33BFO5/c1-25(2,29)26(3,4)33-27-20-9-10-21(28)24-19(20)8-11-22(24)32-17-6-7-18-16(12-13-30-5)15-31-23(18)14-17/h6-7,9-10,14,16,22,29H,8,11-13,15H2,1-5H3/t16-,22-/m1/s1. The number of halogens is 1. The van der Waals surface area contributed by atoms with Gasteiger partial charge in [-0.25, -0.2) is 4.39 Å². The van der Waals surface area contributed by atoms with Crippen LogP contribution in [0.5, 0.6) is 11.5 Å². The highest BCUT2D eigenvalue weighted by molar-refractivity contribution is 6.47. The zero-order valence-electron chi connectivity index (χ0n) is 20.1. The Morgan fingerprint density at radius 2 is 1.97 bits per heavy atom. The van der Waals surface area contributed by atoms with Crippen LogP contribution in [0.15, 0.2) is 30.3 Å². The third-order valence-electron chi connectivity index (χ3n) is 7.09. The molecular weight excluding hydrogens is 422 g/mol. The van der Waals surface area contributed by atoms with Gasteiger partial charge < -0.3 is 24.0 Å². The van der Waals surface area contributed by atoms with Gasteiger partial charge in [0.25, 0.3) is 0 Å². The first kappa shape index (κ1) is 24.1. The van der Waals surface area contributed by atoms with Crippen molar-refractivity contribution in [2.75, 3.05) is 20.3 Å². The van der Waals surface area contributed by atoms with Crippen molar-refractivity contribution in [1.82, 2.24) is 0 Å². The summed E-state index contributed by atoms with van der Waals surface area (Å²) in [6.45, 7) is 8.41. The van der Waals surface area contributed by atoms with Gasteiger partial charge in [-0.2, -0.15) is 0 Å². The van der Waals surface area contributed by atoms with Crippen molar-refractivity contribution in [3.8, 4) is 11.5 Å². The highest BCUT2D eigenvalue weighted by Crippen LogP contribution is 2.41. The van der Waals surface area contributed by atoms with E-state index in [1.54, 1.807) is 34.5 Å². The van der Waals surface area contributed by atoms with E-state index in [0.717, 1.165) is 23.2 Å². The fraction of sp³-hybridized carbons (Fsp3) is 0.538. The summed E-state index contributed by atoms with van der Waals surface area (Å²) in [7, 11) is 3.33. The maximum absolute atomic E-state index is 14.9. The van der Waals surface area contributed by atoms with Crippen molar-refractivity contribution < 1.29 is 28.4 Å². The first-order valence-electron chi connectivity index (χ1n) is 11.6. The Balaban J connectivity index is 1.50. The third kappa shape index (κ3) is 4.91. The molecule has 2 aromatic carbocycles. The molecule has 1 N–H and O–H groups in total. The molecule has 1 heterocycles. The molecule has 5 nitrogen and oxygen atoms in total. The molecule has 0 fully saturated rings. The minimum Gasteiger partial charge on any atom is -0.493 e. The number of hydrogen-bond donors (Lipinski definition) is 1. The molecule has 1 radical (unpaired) electrons. The summed E-state index contributed by atoms with van der Waals surface area (Å²) in [6.07, 6.45) is 1.91. The Kier molecular flexibility index (Phi) is 6.76. The molecular formula is C26H33BFO5. The molecule has 0 bridgehead atoms. The summed E-state index contributed by atoms with van der Waals surface area (Å²) in [5, 5.41) is 10.4. The number of ether oxygens (including phenoxy) is 3. The molecule has 2 aromatic rings. The van der Waals surface area contributed by atoms with Crippen molar-refractivity contribution >= 4 is 12.9 Å². The summed E-state index contributed by atoms with van der Waals surface area (Å²) in [5.41, 5.74) is 1.62. The topological polar surface area (TPSA) is 57.2 Å². The van der Waals surface area contributed by atoms with E-state index in [9.17, 15) is 9.50 Å². The van der Waals surface area contributed by atoms with Crippen LogP contribution in [-0.4, -0.2) is 44.1 Å². The molecule has 1 aliphatic heterocycles. The summed E-state index contributed by atoms with van der Waals surface area (Å²) in [5.74, 6) is 1.55. The smallest absolute Gasteiger partial charge is 0.331 e. The van der Waals surface area contributed by atoms with Crippen LogP contribution in [0.2, 0.25) is 0 Å². The van der Waals surface area contributed by atoms with Gasteiger partial charge in [0.1, 0.15) is 23.4 Å². The van der Waals surface area contributed by atoms with Gasteiger partial charge in [0.05, 0.1) is 17.8 Å². The number of aliphatic hydroxyl groups is 1. The Morgan fingerprint density at radius 1 is 1.18 bits per heavy atom. The molecule has 0 saturated heterocycles. The minimum absolute atomic E-state index is 0.275. The molecule has 2 atom stereocenters. The zero-order chi connectivity index (χ0) is 23.8. The Hall–Kier alpha value is -2.09. The van der Waals surface area contributed by atoms with Crippen molar-refractivity contribution in [3.63, 3.8) is 0 Å². The van der Waals surface area contributed by atoms with E-state index in [1.807, 2.05) is 32.0 Å². The monoisotopic (exact) mass is 455 g/mol. The number of rotatable bonds is 9. The average Bonchev–Trinajstić information content (AvgIpc) is 3.36. The van der Waals surface area contributed by atoms with Crippen molar-refractivity contribution in [2.45, 2.75) is 70.2 Å². The zero-order valence-corrected chi connectivity index (χ0v) is 20.1. The average molecular weight is 455 g/mol. The quantitative estimate of drug-likeness (QED) is 0.574. The molecule has 4 rings (SSSR count). The molecule has 177 valence electrons. The van der Waals surface area contributed by atoms with Gasteiger partial charge in [0.15, 0.2) is 0 Å². The Morgan fingerprint density at radius 3 is 2.70 bits per heavy atom. The molecule has 0 spiro atoms. The summed E-state index contributed by atoms with van der Waals surface area (Å²) >= 11 is 0. The maximum atomic E-state index is 14.9. The SMILES string of the molecule is COCC[C@@H]1COc2cc(O[C@@H]3CCc4c([B]OC(C)(C)C(C)(C)O)ccc(F)c43)ccc21. The third-order valence-corrected chi connectivity index (χ3v) is 7.09. The van der Waals surface area contributed by atoms with Crippen LogP contribution in [0.25, 0.3) is 0 Å². The molecule has 0 unspecified atom stereocenters. The molecule has 0 saturated carbocycles. The van der Waals surface area contributed by atoms with E-state index in [0.29, 0.717) is 43.3 Å². The van der Waals surface area contributed by atoms with Gasteiger partial charge in [0, 0.05) is 36.8 Å². The van der Waals surface area contributed by atoms with Gasteiger partial charge >= 0.3 is 7.48 Å². The van der Waals surface area contributed by atoms with Crippen LogP contribution < -0.4 is 14.9 Å². The van der Waals surface area contributed by atoms with Gasteiger partial charge in [-0.1, -0.05) is 12.1 Å². The molecule has 7 heteroatoms. The highest BCUT2D eigenvalue weighted by atomic mass is 19.1. The lowest BCUT2D eigenvalue weighted by atomic mass is 9.79. The van der Waals surface area contributed by atoms with Gasteiger partial charge in [-0.3, -0.25) is 0 Å². The fourth-order valence-electron chi connectivity index (χ4n) is 4.28. The van der Waals surface area contributed by atoms with Crippen LogP contribution in [0, 0.1) is 5.82 Å². The fourth-order valence-corrected chi connectivity index (χ4v) is 4.28. The number of hydrogen-bond acceptors (Lipinski definition) is 5. The molecule has 0 amide bonds. The van der Waals surface area contributed by atoms with Crippen molar-refractivity contribution in [2.24, 2.45) is 0 Å². The summed E-state index contributed by atoms with van der Waals surface area (Å²) in [4.78, 5) is 0. The lowest BCUT2D eigenvalue weighted by Crippen LogP contribution is -2.49. The van der Waals surface area contributed by atoms with E-state index in [1.165, 1.54) is 11.6 Å². The predicted octanol–water partition coefficient (Wildman–Crippen LogP) is 4.22. The van der Waals surface area contributed by atoms with Gasteiger partial charge in [-0.15, -0.1) is 0 Å². The molecule has 0 aromatic heterocycles. The van der Waals surface area contributed by atoms with Crippen LogP contribution in [0.1, 0.15) is 69.2 Å². The number of benzene rings is 2. The Bertz CT molecular complexity index is 1000. The minimum atomic E-state index is -1.03. The van der Waals surface area contributed by atoms with Crippen LogP contribution in [-0.2, 0) is 15.8 Å². The summed E-state index contributed by atoms with van der Waals surface area (Å²) in [6, 6.07) is 9.07. The second kappa shape index (κ2) is 9.28. The Labute approximate surface area is 196 Å². The van der Waals surface area contributed by atoms with Crippen LogP contribution in [0.3, 0.4) is 0 Å². The second-order valence-corrected chi connectivity index (χ2v) is 9.97. The molecule has 33 heavy (non-hydrogen) atoms. The lowest BCUT2D eigenvalue weighted by Gasteiger charge is -2.37. The first-order chi connectivity index (χ1) is 15.6. The number of fused-ring (bicyclic) bond motifs is 2. The maximum Gasteiger partial charge on any atom is 0.331 e. The van der Waals surface area contributed by atoms with Crippen molar-refractivity contribution in [3.05, 3.63) is 52.8 Å². The van der Waals surface area contributed by atoms with Gasteiger partial charge in [-0.05, 0) is 70.1 Å². The highest BCUT2D eigenvalue weighted by Gasteiger charge is 2.37. The predicted molar refractivity (Wildman–Crippen MR) is 126 cm³/mol. The van der Waals surface area contributed by atoms with Crippen LogP contribution in [0.4, 0.5) is 4.39 Å². The van der Waals surface area contributed by atoms with Gasteiger partial charge in [0.2, 0.25) is 0 Å². The lowest BCUT2D eigenvalue weighted by molar-refractivity contribution is -0.0893. The first-order valence-corrected chi connectivity index (χ1v) is 11.6. The molecule has 1 aliphatic carbocycles. The van der Waals surface area contributed by atoms with E-state index >= 15 is 0 Å². The number of methoxy groups -OCH3 is 1. The van der Waals surface area contributed by atoms with E-state index in [2.05, 4.69) is 0 Å².